The predicted molar refractivity (Wildman–Crippen MR) is 73.6 cm³/mol. The van der Waals surface area contributed by atoms with Crippen LogP contribution in [0.2, 0.25) is 0 Å². The Bertz CT molecular complexity index is 554. The molecule has 0 radical (unpaired) electrons. The number of aromatic nitrogens is 2. The summed E-state index contributed by atoms with van der Waals surface area (Å²) in [6.45, 7) is 8.40. The molecule has 0 amide bonds. The summed E-state index contributed by atoms with van der Waals surface area (Å²) in [5, 5.41) is 1.29. The maximum atomic E-state index is 11.3. The lowest BCUT2D eigenvalue weighted by Crippen LogP contribution is -1.96. The van der Waals surface area contributed by atoms with Crippen LogP contribution in [0.4, 0.5) is 0 Å². The van der Waals surface area contributed by atoms with Crippen molar-refractivity contribution in [1.29, 1.82) is 0 Å². The molecule has 0 aromatic carbocycles. The van der Waals surface area contributed by atoms with Gasteiger partial charge in [-0.1, -0.05) is 20.8 Å². The molecule has 2 rings (SSSR count). The van der Waals surface area contributed by atoms with Gasteiger partial charge in [0.2, 0.25) is 0 Å². The summed E-state index contributed by atoms with van der Waals surface area (Å²) in [6.07, 6.45) is 1.91. The lowest BCUT2D eigenvalue weighted by atomic mass is 10.3. The fourth-order valence-electron chi connectivity index (χ4n) is 1.84. The number of hydrogen-bond acceptors (Lipinski definition) is 4. The predicted octanol–water partition coefficient (Wildman–Crippen LogP) is 3.58. The Morgan fingerprint density at radius 1 is 1.53 bits per heavy atom. The molecule has 2 aromatic heterocycles. The van der Waals surface area contributed by atoms with Gasteiger partial charge in [0.1, 0.15) is 10.7 Å². The topological polar surface area (TPSA) is 34.4 Å². The van der Waals surface area contributed by atoms with Crippen molar-refractivity contribution in [3.05, 3.63) is 16.3 Å². The SMILES string of the molecule is CCc1sc2nc(SC(C)C)c(C=O)n2c1C. The second kappa shape index (κ2) is 4.82. The van der Waals surface area contributed by atoms with E-state index in [1.165, 1.54) is 4.88 Å². The average molecular weight is 268 g/mol. The van der Waals surface area contributed by atoms with Crippen LogP contribution in [-0.2, 0) is 6.42 Å². The third kappa shape index (κ3) is 2.13. The average Bonchev–Trinajstić information content (AvgIpc) is 2.75. The highest BCUT2D eigenvalue weighted by molar-refractivity contribution is 7.99. The first-order valence-corrected chi connectivity index (χ1v) is 7.40. The molecule has 0 aliphatic carbocycles. The molecule has 0 saturated heterocycles. The van der Waals surface area contributed by atoms with Crippen LogP contribution in [-0.4, -0.2) is 20.9 Å². The molecule has 2 aromatic rings. The van der Waals surface area contributed by atoms with Crippen molar-refractivity contribution >= 4 is 34.3 Å². The molecule has 0 fully saturated rings. The van der Waals surface area contributed by atoms with E-state index in [4.69, 9.17) is 0 Å². The van der Waals surface area contributed by atoms with E-state index < -0.39 is 0 Å². The van der Waals surface area contributed by atoms with Gasteiger partial charge in [-0.05, 0) is 13.3 Å². The molecule has 2 heterocycles. The molecule has 92 valence electrons. The highest BCUT2D eigenvalue weighted by Crippen LogP contribution is 2.31. The first-order chi connectivity index (χ1) is 8.08. The summed E-state index contributed by atoms with van der Waals surface area (Å²) < 4.78 is 1.99. The van der Waals surface area contributed by atoms with E-state index in [1.54, 1.807) is 23.1 Å². The quantitative estimate of drug-likeness (QED) is 0.628. The van der Waals surface area contributed by atoms with E-state index in [-0.39, 0.29) is 0 Å². The third-order valence-electron chi connectivity index (χ3n) is 2.58. The molecule has 3 nitrogen and oxygen atoms in total. The van der Waals surface area contributed by atoms with Crippen LogP contribution < -0.4 is 0 Å². The lowest BCUT2D eigenvalue weighted by molar-refractivity contribution is 0.111. The number of carbonyl (C=O) groups excluding carboxylic acids is 1. The fourth-order valence-corrected chi connectivity index (χ4v) is 3.81. The highest BCUT2D eigenvalue weighted by atomic mass is 32.2. The number of imidazole rings is 1. The van der Waals surface area contributed by atoms with E-state index in [0.717, 1.165) is 28.4 Å². The number of hydrogen-bond donors (Lipinski definition) is 0. The Labute approximate surface area is 109 Å². The molecule has 17 heavy (non-hydrogen) atoms. The Balaban J connectivity index is 2.62. The van der Waals surface area contributed by atoms with Crippen molar-refractivity contribution in [3.8, 4) is 0 Å². The molecular weight excluding hydrogens is 252 g/mol. The van der Waals surface area contributed by atoms with Gasteiger partial charge in [0, 0.05) is 15.8 Å². The lowest BCUT2D eigenvalue weighted by Gasteiger charge is -2.02. The molecule has 0 unspecified atom stereocenters. The Kier molecular flexibility index (Phi) is 3.58. The van der Waals surface area contributed by atoms with Gasteiger partial charge in [-0.15, -0.1) is 23.1 Å². The molecule has 0 bridgehead atoms. The van der Waals surface area contributed by atoms with Crippen molar-refractivity contribution in [3.63, 3.8) is 0 Å². The van der Waals surface area contributed by atoms with Gasteiger partial charge < -0.3 is 0 Å². The van der Waals surface area contributed by atoms with Gasteiger partial charge in [-0.3, -0.25) is 9.20 Å². The van der Waals surface area contributed by atoms with Crippen molar-refractivity contribution < 1.29 is 4.79 Å². The summed E-state index contributed by atoms with van der Waals surface area (Å²) in [5.74, 6) is 0. The van der Waals surface area contributed by atoms with E-state index in [0.29, 0.717) is 10.9 Å². The maximum absolute atomic E-state index is 11.3. The molecule has 0 N–H and O–H groups in total. The van der Waals surface area contributed by atoms with E-state index in [9.17, 15) is 4.79 Å². The van der Waals surface area contributed by atoms with Crippen LogP contribution in [0.15, 0.2) is 5.03 Å². The third-order valence-corrected chi connectivity index (χ3v) is 4.86. The van der Waals surface area contributed by atoms with Gasteiger partial charge in [0.15, 0.2) is 11.2 Å². The fraction of sp³-hybridized carbons (Fsp3) is 0.500. The van der Waals surface area contributed by atoms with Gasteiger partial charge >= 0.3 is 0 Å². The van der Waals surface area contributed by atoms with Crippen LogP contribution >= 0.6 is 23.1 Å². The summed E-state index contributed by atoms with van der Waals surface area (Å²) in [7, 11) is 0. The second-order valence-corrected chi connectivity index (χ2v) is 6.80. The molecule has 0 saturated carbocycles. The minimum absolute atomic E-state index is 0.434. The zero-order valence-corrected chi connectivity index (χ0v) is 12.1. The number of fused-ring (bicyclic) bond motifs is 1. The van der Waals surface area contributed by atoms with E-state index in [1.807, 2.05) is 4.40 Å². The molecule has 0 aliphatic heterocycles. The van der Waals surface area contributed by atoms with Crippen molar-refractivity contribution in [1.82, 2.24) is 9.38 Å². The molecule has 0 atom stereocenters. The standard InChI is InChI=1S/C12H16N2OS2/c1-5-10-8(4)14-9(6-15)11(16-7(2)3)13-12(14)17-10/h6-7H,5H2,1-4H3. The maximum Gasteiger partial charge on any atom is 0.195 e. The summed E-state index contributed by atoms with van der Waals surface area (Å²) in [6, 6.07) is 0. The molecule has 0 aliphatic rings. The normalized spacial score (nSPS) is 11.6. The number of rotatable bonds is 4. The van der Waals surface area contributed by atoms with Crippen molar-refractivity contribution in [2.45, 2.75) is 44.4 Å². The highest BCUT2D eigenvalue weighted by Gasteiger charge is 2.18. The number of aryl methyl sites for hydroxylation is 2. The second-order valence-electron chi connectivity index (χ2n) is 4.17. The van der Waals surface area contributed by atoms with E-state index >= 15 is 0 Å². The minimum atomic E-state index is 0.434. The zero-order chi connectivity index (χ0) is 12.6. The smallest absolute Gasteiger partial charge is 0.195 e. The van der Waals surface area contributed by atoms with Gasteiger partial charge in [-0.2, -0.15) is 0 Å². The first-order valence-electron chi connectivity index (χ1n) is 5.71. The number of thioether (sulfide) groups is 1. The molecular formula is C12H16N2OS2. The Morgan fingerprint density at radius 2 is 2.24 bits per heavy atom. The van der Waals surface area contributed by atoms with Crippen LogP contribution in [0.3, 0.4) is 0 Å². The van der Waals surface area contributed by atoms with Gasteiger partial charge in [0.05, 0.1) is 0 Å². The van der Waals surface area contributed by atoms with E-state index in [2.05, 4.69) is 32.7 Å². The van der Waals surface area contributed by atoms with Crippen LogP contribution in [0.5, 0.6) is 0 Å². The Hall–Kier alpha value is -0.810. The summed E-state index contributed by atoms with van der Waals surface area (Å²) in [4.78, 5) is 18.1. The van der Waals surface area contributed by atoms with Crippen LogP contribution in [0, 0.1) is 6.92 Å². The summed E-state index contributed by atoms with van der Waals surface area (Å²) >= 11 is 3.33. The number of carbonyl (C=O) groups is 1. The number of aldehydes is 1. The Morgan fingerprint density at radius 3 is 2.76 bits per heavy atom. The van der Waals surface area contributed by atoms with Gasteiger partial charge in [-0.25, -0.2) is 4.98 Å². The van der Waals surface area contributed by atoms with Crippen LogP contribution in [0.25, 0.3) is 4.96 Å². The number of thiazole rings is 1. The monoisotopic (exact) mass is 268 g/mol. The molecule has 5 heteroatoms. The minimum Gasteiger partial charge on any atom is -0.296 e. The molecule has 0 spiro atoms. The van der Waals surface area contributed by atoms with Crippen molar-refractivity contribution in [2.75, 3.05) is 0 Å². The first kappa shape index (κ1) is 12.6. The van der Waals surface area contributed by atoms with Crippen molar-refractivity contribution in [2.24, 2.45) is 0 Å². The largest absolute Gasteiger partial charge is 0.296 e. The number of nitrogens with zero attached hydrogens (tertiary/aromatic N) is 2. The summed E-state index contributed by atoms with van der Waals surface area (Å²) in [5.41, 5.74) is 1.85. The van der Waals surface area contributed by atoms with Crippen LogP contribution in [0.1, 0.15) is 41.8 Å². The van der Waals surface area contributed by atoms with Gasteiger partial charge in [0.25, 0.3) is 0 Å². The zero-order valence-electron chi connectivity index (χ0n) is 10.5.